The first kappa shape index (κ1) is 17.6. The zero-order chi connectivity index (χ0) is 14.8. The van der Waals surface area contributed by atoms with Crippen LogP contribution in [0.15, 0.2) is 18.2 Å². The molecule has 114 valence electrons. The number of aromatic hydroxyl groups is 1. The maximum atomic E-state index is 9.71. The Kier molecular flexibility index (Phi) is 9.03. The van der Waals surface area contributed by atoms with Crippen molar-refractivity contribution in [1.29, 1.82) is 0 Å². The third-order valence-corrected chi connectivity index (χ3v) is 6.03. The van der Waals surface area contributed by atoms with Gasteiger partial charge in [0.15, 0.2) is 11.5 Å². The van der Waals surface area contributed by atoms with Gasteiger partial charge in [-0.2, -0.15) is 0 Å². The molecule has 0 saturated heterocycles. The number of phenolic OH excluding ortho intramolecular Hbond substituents is 1. The van der Waals surface area contributed by atoms with Crippen LogP contribution < -0.4 is 4.74 Å². The van der Waals surface area contributed by atoms with Crippen molar-refractivity contribution < 1.29 is 9.84 Å². The Balaban J connectivity index is 2.73. The average Bonchev–Trinajstić information content (AvgIpc) is 2.47. The van der Waals surface area contributed by atoms with Gasteiger partial charge < -0.3 is 9.84 Å². The zero-order valence-corrected chi connectivity index (χ0v) is 14.4. The van der Waals surface area contributed by atoms with Crippen LogP contribution in [0.1, 0.15) is 49.7 Å². The number of hydrogen-bond donors (Lipinski definition) is 1. The lowest BCUT2D eigenvalue weighted by molar-refractivity contribution is 0.373. The number of thioether (sulfide) groups is 2. The highest BCUT2D eigenvalue weighted by molar-refractivity contribution is 8.16. The molecule has 0 fully saturated rings. The lowest BCUT2D eigenvalue weighted by Gasteiger charge is -2.17. The topological polar surface area (TPSA) is 29.5 Å². The minimum Gasteiger partial charge on any atom is -0.504 e. The number of benzene rings is 1. The fourth-order valence-electron chi connectivity index (χ4n) is 1.75. The maximum absolute atomic E-state index is 9.71. The number of rotatable bonds is 10. The molecule has 1 N–H and O–H groups in total. The normalized spacial score (nSPS) is 11.0. The smallest absolute Gasteiger partial charge is 0.160 e. The summed E-state index contributed by atoms with van der Waals surface area (Å²) in [5.41, 5.74) is 1.24. The summed E-state index contributed by atoms with van der Waals surface area (Å²) in [6.07, 6.45) is 4.98. The van der Waals surface area contributed by atoms with E-state index < -0.39 is 0 Å². The quantitative estimate of drug-likeness (QED) is 0.458. The largest absolute Gasteiger partial charge is 0.504 e. The second-order valence-corrected chi connectivity index (χ2v) is 7.44. The van der Waals surface area contributed by atoms with E-state index in [2.05, 4.69) is 13.8 Å². The van der Waals surface area contributed by atoms with E-state index in [1.807, 2.05) is 35.7 Å². The minimum atomic E-state index is 0.215. The molecule has 1 rings (SSSR count). The van der Waals surface area contributed by atoms with Crippen molar-refractivity contribution >= 4 is 23.5 Å². The van der Waals surface area contributed by atoms with Gasteiger partial charge in [-0.15, -0.1) is 23.5 Å². The van der Waals surface area contributed by atoms with E-state index >= 15 is 0 Å². The van der Waals surface area contributed by atoms with Crippen molar-refractivity contribution in [3.63, 3.8) is 0 Å². The van der Waals surface area contributed by atoms with Crippen LogP contribution in [-0.2, 0) is 0 Å². The Bertz CT molecular complexity index is 373. The van der Waals surface area contributed by atoms with Gasteiger partial charge in [-0.1, -0.05) is 32.8 Å². The van der Waals surface area contributed by atoms with Gasteiger partial charge in [-0.25, -0.2) is 0 Å². The minimum absolute atomic E-state index is 0.215. The van der Waals surface area contributed by atoms with E-state index in [1.54, 1.807) is 13.2 Å². The van der Waals surface area contributed by atoms with Crippen LogP contribution in [0.4, 0.5) is 0 Å². The summed E-state index contributed by atoms with van der Waals surface area (Å²) in [7, 11) is 1.60. The van der Waals surface area contributed by atoms with Gasteiger partial charge in [0.2, 0.25) is 0 Å². The third kappa shape index (κ3) is 5.88. The van der Waals surface area contributed by atoms with Crippen LogP contribution in [-0.4, -0.2) is 23.7 Å². The predicted octanol–water partition coefficient (Wildman–Crippen LogP) is 5.47. The standard InChI is InChI=1S/C16H26O2S2/c1-4-6-10-19-16(20-11-7-5-2)13-8-9-14(17)15(12-13)18-3/h8-9,12,16-17H,4-7,10-11H2,1-3H3. The fourth-order valence-corrected chi connectivity index (χ4v) is 4.73. The van der Waals surface area contributed by atoms with E-state index in [9.17, 15) is 5.11 Å². The van der Waals surface area contributed by atoms with Crippen molar-refractivity contribution in [3.05, 3.63) is 23.8 Å². The van der Waals surface area contributed by atoms with Crippen molar-refractivity contribution in [1.82, 2.24) is 0 Å². The Hall–Kier alpha value is -0.480. The van der Waals surface area contributed by atoms with Crippen LogP contribution in [0.5, 0.6) is 11.5 Å². The molecule has 0 aliphatic rings. The van der Waals surface area contributed by atoms with Crippen molar-refractivity contribution in [2.24, 2.45) is 0 Å². The third-order valence-electron chi connectivity index (χ3n) is 3.01. The summed E-state index contributed by atoms with van der Waals surface area (Å²) in [5, 5.41) is 9.71. The summed E-state index contributed by atoms with van der Waals surface area (Å²) in [6, 6.07) is 5.72. The highest BCUT2D eigenvalue weighted by Crippen LogP contribution is 2.42. The van der Waals surface area contributed by atoms with Gasteiger partial charge in [-0.3, -0.25) is 0 Å². The molecule has 4 heteroatoms. The molecule has 0 heterocycles. The van der Waals surface area contributed by atoms with Gasteiger partial charge >= 0.3 is 0 Å². The van der Waals surface area contributed by atoms with Gasteiger partial charge in [0.1, 0.15) is 0 Å². The van der Waals surface area contributed by atoms with Gasteiger partial charge in [-0.05, 0) is 42.0 Å². The maximum Gasteiger partial charge on any atom is 0.160 e. The van der Waals surface area contributed by atoms with E-state index in [4.69, 9.17) is 4.74 Å². The fraction of sp³-hybridized carbons (Fsp3) is 0.625. The Morgan fingerprint density at radius 3 is 2.20 bits per heavy atom. The van der Waals surface area contributed by atoms with Crippen LogP contribution in [0.25, 0.3) is 0 Å². The molecule has 0 aliphatic carbocycles. The lowest BCUT2D eigenvalue weighted by atomic mass is 10.2. The Morgan fingerprint density at radius 1 is 1.10 bits per heavy atom. The van der Waals surface area contributed by atoms with Crippen molar-refractivity contribution in [3.8, 4) is 11.5 Å². The average molecular weight is 315 g/mol. The van der Waals surface area contributed by atoms with Crippen LogP contribution in [0, 0.1) is 0 Å². The number of hydrogen-bond acceptors (Lipinski definition) is 4. The summed E-state index contributed by atoms with van der Waals surface area (Å²) in [6.45, 7) is 4.45. The summed E-state index contributed by atoms with van der Waals surface area (Å²) in [5.74, 6) is 3.15. The summed E-state index contributed by atoms with van der Waals surface area (Å²) < 4.78 is 5.65. The molecule has 20 heavy (non-hydrogen) atoms. The second kappa shape index (κ2) is 10.3. The van der Waals surface area contributed by atoms with E-state index in [0.717, 1.165) is 0 Å². The molecule has 0 bridgehead atoms. The van der Waals surface area contributed by atoms with Crippen molar-refractivity contribution in [2.45, 2.75) is 44.1 Å². The second-order valence-electron chi connectivity index (χ2n) is 4.71. The van der Waals surface area contributed by atoms with Crippen LogP contribution in [0.3, 0.4) is 0 Å². The van der Waals surface area contributed by atoms with Gasteiger partial charge in [0.25, 0.3) is 0 Å². The molecule has 1 aromatic rings. The molecule has 0 aromatic heterocycles. The molecule has 0 atom stereocenters. The zero-order valence-electron chi connectivity index (χ0n) is 12.7. The molecule has 0 unspecified atom stereocenters. The Labute approximate surface area is 131 Å². The summed E-state index contributed by atoms with van der Waals surface area (Å²) in [4.78, 5) is 0. The lowest BCUT2D eigenvalue weighted by Crippen LogP contribution is -1.95. The van der Waals surface area contributed by atoms with E-state index in [0.29, 0.717) is 10.3 Å². The molecular weight excluding hydrogens is 288 g/mol. The first-order valence-corrected chi connectivity index (χ1v) is 9.42. The molecule has 0 aliphatic heterocycles. The molecular formula is C16H26O2S2. The monoisotopic (exact) mass is 314 g/mol. The highest BCUT2D eigenvalue weighted by atomic mass is 32.2. The first-order chi connectivity index (χ1) is 9.72. The van der Waals surface area contributed by atoms with Gasteiger partial charge in [0.05, 0.1) is 11.7 Å². The molecule has 0 amide bonds. The first-order valence-electron chi connectivity index (χ1n) is 7.33. The highest BCUT2D eigenvalue weighted by Gasteiger charge is 2.14. The van der Waals surface area contributed by atoms with Gasteiger partial charge in [0, 0.05) is 0 Å². The molecule has 0 radical (unpaired) electrons. The van der Waals surface area contributed by atoms with Crippen LogP contribution >= 0.6 is 23.5 Å². The number of unbranched alkanes of at least 4 members (excludes halogenated alkanes) is 2. The number of ether oxygens (including phenoxy) is 1. The van der Waals surface area contributed by atoms with E-state index in [-0.39, 0.29) is 5.75 Å². The predicted molar refractivity (Wildman–Crippen MR) is 92.1 cm³/mol. The molecule has 1 aromatic carbocycles. The summed E-state index contributed by atoms with van der Waals surface area (Å²) >= 11 is 4.00. The molecule has 2 nitrogen and oxygen atoms in total. The molecule has 0 saturated carbocycles. The van der Waals surface area contributed by atoms with Crippen LogP contribution in [0.2, 0.25) is 0 Å². The molecule has 0 spiro atoms. The SMILES string of the molecule is CCCCSC(SCCCC)c1ccc(O)c(OC)c1. The number of phenols is 1. The van der Waals surface area contributed by atoms with Crippen molar-refractivity contribution in [2.75, 3.05) is 18.6 Å². The van der Waals surface area contributed by atoms with E-state index in [1.165, 1.54) is 42.8 Å². The Morgan fingerprint density at radius 2 is 1.70 bits per heavy atom. The number of methoxy groups -OCH3 is 1.